The lowest BCUT2D eigenvalue weighted by Gasteiger charge is -2.07. The number of ether oxygens (including phenoxy) is 1. The van der Waals surface area contributed by atoms with E-state index in [-0.39, 0.29) is 5.91 Å². The number of thiophene rings is 1. The van der Waals surface area contributed by atoms with Crippen molar-refractivity contribution in [2.75, 3.05) is 7.11 Å². The first kappa shape index (κ1) is 18.0. The van der Waals surface area contributed by atoms with Gasteiger partial charge in [-0.3, -0.25) is 4.79 Å². The molecule has 1 amide bonds. The van der Waals surface area contributed by atoms with Crippen molar-refractivity contribution in [1.29, 1.82) is 0 Å². The van der Waals surface area contributed by atoms with Crippen molar-refractivity contribution < 1.29 is 9.53 Å². The molecule has 2 aromatic heterocycles. The summed E-state index contributed by atoms with van der Waals surface area (Å²) in [6, 6.07) is 21.7. The molecule has 6 heteroatoms. The molecule has 4 aromatic rings. The van der Waals surface area contributed by atoms with Crippen LogP contribution in [0.15, 0.2) is 79.1 Å². The molecule has 0 saturated heterocycles. The molecule has 4 rings (SSSR count). The number of benzene rings is 2. The van der Waals surface area contributed by atoms with Gasteiger partial charge in [-0.15, -0.1) is 11.3 Å². The minimum absolute atomic E-state index is 0.139. The molecule has 0 fully saturated rings. The lowest BCUT2D eigenvalue weighted by atomic mass is 10.2. The molecule has 0 bridgehead atoms. The van der Waals surface area contributed by atoms with Crippen LogP contribution in [-0.4, -0.2) is 22.8 Å². The Balaban J connectivity index is 1.46. The fourth-order valence-electron chi connectivity index (χ4n) is 2.88. The fraction of sp³-hybridized carbons (Fsp3) is 0.0909. The van der Waals surface area contributed by atoms with E-state index in [0.29, 0.717) is 17.2 Å². The molecule has 0 aliphatic rings. The summed E-state index contributed by atoms with van der Waals surface area (Å²) in [5.41, 5.74) is 3.06. The van der Waals surface area contributed by atoms with Crippen molar-refractivity contribution >= 4 is 17.2 Å². The van der Waals surface area contributed by atoms with Gasteiger partial charge < -0.3 is 10.1 Å². The second-order valence-corrected chi connectivity index (χ2v) is 7.23. The third-order valence-corrected chi connectivity index (χ3v) is 5.50. The van der Waals surface area contributed by atoms with Gasteiger partial charge in [0.2, 0.25) is 0 Å². The number of aromatic nitrogens is 2. The van der Waals surface area contributed by atoms with Gasteiger partial charge in [-0.05, 0) is 35.4 Å². The Hall–Kier alpha value is -3.38. The van der Waals surface area contributed by atoms with Gasteiger partial charge in [0, 0.05) is 23.8 Å². The molecule has 0 radical (unpaired) electrons. The molecule has 0 unspecified atom stereocenters. The summed E-state index contributed by atoms with van der Waals surface area (Å²) < 4.78 is 7.21. The summed E-state index contributed by atoms with van der Waals surface area (Å²) in [4.78, 5) is 14.3. The van der Waals surface area contributed by atoms with Gasteiger partial charge in [0.1, 0.15) is 10.6 Å². The van der Waals surface area contributed by atoms with Crippen molar-refractivity contribution in [1.82, 2.24) is 15.1 Å². The number of carbonyl (C=O) groups is 1. The van der Waals surface area contributed by atoms with Gasteiger partial charge >= 0.3 is 0 Å². The summed E-state index contributed by atoms with van der Waals surface area (Å²) in [6.07, 6.45) is 3.64. The molecule has 28 heavy (non-hydrogen) atoms. The Bertz CT molecular complexity index is 1060. The van der Waals surface area contributed by atoms with Crippen molar-refractivity contribution in [2.24, 2.45) is 0 Å². The van der Waals surface area contributed by atoms with Crippen LogP contribution >= 0.6 is 11.3 Å². The number of nitrogens with zero attached hydrogens (tertiary/aromatic N) is 2. The van der Waals surface area contributed by atoms with Crippen LogP contribution < -0.4 is 10.1 Å². The number of carbonyl (C=O) groups excluding carboxylic acids is 1. The fourth-order valence-corrected chi connectivity index (χ4v) is 3.93. The number of hydrogen-bond donors (Lipinski definition) is 1. The van der Waals surface area contributed by atoms with Gasteiger partial charge in [-0.25, -0.2) is 4.68 Å². The largest absolute Gasteiger partial charge is 0.495 e. The summed E-state index contributed by atoms with van der Waals surface area (Å²) in [6.45, 7) is 0.444. The van der Waals surface area contributed by atoms with E-state index in [4.69, 9.17) is 4.74 Å². The summed E-state index contributed by atoms with van der Waals surface area (Å²) in [5.74, 6) is 0.454. The molecule has 5 nitrogen and oxygen atoms in total. The van der Waals surface area contributed by atoms with Crippen molar-refractivity contribution in [3.05, 3.63) is 89.6 Å². The van der Waals surface area contributed by atoms with Crippen molar-refractivity contribution in [3.8, 4) is 21.9 Å². The van der Waals surface area contributed by atoms with Crippen LogP contribution in [0.4, 0.5) is 0 Å². The average molecular weight is 389 g/mol. The van der Waals surface area contributed by atoms with Crippen LogP contribution in [0.3, 0.4) is 0 Å². The standard InChI is InChI=1S/C22H19N3O2S/c1-27-19-14-20(17-6-3-2-4-7-17)28-21(19)22(26)23-15-16-8-10-18(11-9-16)25-13-5-12-24-25/h2-14H,15H2,1H3,(H,23,26). The minimum Gasteiger partial charge on any atom is -0.495 e. The van der Waals surface area contributed by atoms with Crippen molar-refractivity contribution in [3.63, 3.8) is 0 Å². The smallest absolute Gasteiger partial charge is 0.265 e. The quantitative estimate of drug-likeness (QED) is 0.527. The number of hydrogen-bond acceptors (Lipinski definition) is 4. The number of nitrogens with one attached hydrogen (secondary N) is 1. The van der Waals surface area contributed by atoms with E-state index in [0.717, 1.165) is 21.7 Å². The third-order valence-electron chi connectivity index (χ3n) is 4.34. The summed E-state index contributed by atoms with van der Waals surface area (Å²) in [5, 5.41) is 7.19. The second kappa shape index (κ2) is 8.10. The molecular formula is C22H19N3O2S. The monoisotopic (exact) mass is 389 g/mol. The highest BCUT2D eigenvalue weighted by Gasteiger charge is 2.17. The summed E-state index contributed by atoms with van der Waals surface area (Å²) >= 11 is 1.43. The first-order chi connectivity index (χ1) is 13.7. The second-order valence-electron chi connectivity index (χ2n) is 6.17. The van der Waals surface area contributed by atoms with E-state index >= 15 is 0 Å². The third kappa shape index (κ3) is 3.82. The zero-order chi connectivity index (χ0) is 19.3. The molecule has 0 aliphatic carbocycles. The number of amides is 1. The van der Waals surface area contributed by atoms with Crippen LogP contribution in [-0.2, 0) is 6.54 Å². The summed E-state index contributed by atoms with van der Waals surface area (Å²) in [7, 11) is 1.58. The van der Waals surface area contributed by atoms with Crippen LogP contribution in [0.25, 0.3) is 16.1 Å². The average Bonchev–Trinajstić information content (AvgIpc) is 3.43. The maximum Gasteiger partial charge on any atom is 0.265 e. The lowest BCUT2D eigenvalue weighted by molar-refractivity contribution is 0.0952. The van der Waals surface area contributed by atoms with Crippen LogP contribution in [0.5, 0.6) is 5.75 Å². The Morgan fingerprint density at radius 2 is 1.89 bits per heavy atom. The topological polar surface area (TPSA) is 56.1 Å². The van der Waals surface area contributed by atoms with Gasteiger partial charge in [0.05, 0.1) is 12.8 Å². The number of rotatable bonds is 6. The van der Waals surface area contributed by atoms with Gasteiger partial charge in [0.15, 0.2) is 0 Å². The highest BCUT2D eigenvalue weighted by Crippen LogP contribution is 2.36. The predicted octanol–water partition coefficient (Wildman–Crippen LogP) is 4.54. The normalized spacial score (nSPS) is 10.6. The van der Waals surface area contributed by atoms with Crippen LogP contribution in [0.1, 0.15) is 15.2 Å². The van der Waals surface area contributed by atoms with Crippen LogP contribution in [0.2, 0.25) is 0 Å². The van der Waals surface area contributed by atoms with Gasteiger partial charge in [-0.1, -0.05) is 42.5 Å². The molecule has 0 spiro atoms. The maximum absolute atomic E-state index is 12.7. The van der Waals surface area contributed by atoms with E-state index in [1.54, 1.807) is 18.0 Å². The lowest BCUT2D eigenvalue weighted by Crippen LogP contribution is -2.22. The van der Waals surface area contributed by atoms with Gasteiger partial charge in [-0.2, -0.15) is 5.10 Å². The first-order valence-corrected chi connectivity index (χ1v) is 9.66. The van der Waals surface area contributed by atoms with E-state index in [1.807, 2.05) is 72.9 Å². The molecule has 0 saturated carbocycles. The molecule has 2 heterocycles. The molecular weight excluding hydrogens is 370 g/mol. The molecule has 0 atom stereocenters. The van der Waals surface area contributed by atoms with Crippen LogP contribution in [0, 0.1) is 0 Å². The zero-order valence-corrected chi connectivity index (χ0v) is 16.1. The van der Waals surface area contributed by atoms with Gasteiger partial charge in [0.25, 0.3) is 5.91 Å². The Morgan fingerprint density at radius 3 is 2.57 bits per heavy atom. The van der Waals surface area contributed by atoms with E-state index in [2.05, 4.69) is 10.4 Å². The molecule has 1 N–H and O–H groups in total. The van der Waals surface area contributed by atoms with E-state index < -0.39 is 0 Å². The molecule has 140 valence electrons. The van der Waals surface area contributed by atoms with Crippen molar-refractivity contribution in [2.45, 2.75) is 6.54 Å². The van der Waals surface area contributed by atoms with E-state index in [1.165, 1.54) is 11.3 Å². The first-order valence-electron chi connectivity index (χ1n) is 8.85. The SMILES string of the molecule is COc1cc(-c2ccccc2)sc1C(=O)NCc1ccc(-n2cccn2)cc1. The Labute approximate surface area is 167 Å². The Morgan fingerprint density at radius 1 is 1.11 bits per heavy atom. The zero-order valence-electron chi connectivity index (χ0n) is 15.3. The predicted molar refractivity (Wildman–Crippen MR) is 111 cm³/mol. The molecule has 2 aromatic carbocycles. The number of methoxy groups -OCH3 is 1. The Kier molecular flexibility index (Phi) is 5.21. The van der Waals surface area contributed by atoms with E-state index in [9.17, 15) is 4.79 Å². The highest BCUT2D eigenvalue weighted by atomic mass is 32.1. The minimum atomic E-state index is -0.139. The molecule has 0 aliphatic heterocycles. The highest BCUT2D eigenvalue weighted by molar-refractivity contribution is 7.17. The maximum atomic E-state index is 12.7.